The number of allylic oxidation sites excluding steroid dienone is 2. The molecule has 1 aliphatic carbocycles. The Bertz CT molecular complexity index is 1030. The van der Waals surface area contributed by atoms with E-state index in [1.54, 1.807) is 0 Å². The molecule has 2 amide bonds. The highest BCUT2D eigenvalue weighted by atomic mass is 16.2. The first kappa shape index (κ1) is 53.8. The molecule has 4 N–H and O–H groups in total. The molecule has 0 spiro atoms. The summed E-state index contributed by atoms with van der Waals surface area (Å²) in [5.74, 6) is 0.672. The minimum Gasteiger partial charge on any atom is -0.396 e. The maximum Gasteiger partial charge on any atom is 0.244 e. The Kier molecular flexibility index (Phi) is 40.2. The third-order valence-electron chi connectivity index (χ3n) is 7.99. The van der Waals surface area contributed by atoms with Gasteiger partial charge in [-0.15, -0.1) is 0 Å². The Hall–Kier alpha value is -2.96. The van der Waals surface area contributed by atoms with E-state index in [1.165, 1.54) is 62.1 Å². The molecule has 0 aromatic heterocycles. The number of aliphatic imine (C=N–C) groups is 1. The van der Waals surface area contributed by atoms with Crippen molar-refractivity contribution in [1.82, 2.24) is 4.90 Å². The van der Waals surface area contributed by atoms with E-state index in [2.05, 4.69) is 106 Å². The number of amides is 2. The van der Waals surface area contributed by atoms with Gasteiger partial charge >= 0.3 is 0 Å². The maximum absolute atomic E-state index is 12.2. The highest BCUT2D eigenvalue weighted by Crippen LogP contribution is 2.24. The third-order valence-corrected chi connectivity index (χ3v) is 7.99. The second kappa shape index (κ2) is 37.3. The van der Waals surface area contributed by atoms with Crippen LogP contribution in [0.4, 0.5) is 0 Å². The fourth-order valence-corrected chi connectivity index (χ4v) is 4.41. The van der Waals surface area contributed by atoms with Crippen molar-refractivity contribution < 1.29 is 14.4 Å². The number of Topliss-reactive ketones (excluding diaryl/α,β-unsaturated/α-hetero) is 1. The zero-order chi connectivity index (χ0) is 39.5. The number of hydrogen-bond donors (Lipinski definition) is 2. The molecule has 1 saturated carbocycles. The molecule has 2 rings (SSSR count). The standard InChI is InChI=1S/C16H27N3O2.C9H12.C7H16.C4H9NO.C4H10.C3H8/c1-4-9-19(10-5-2)15(21)11-18-14-8-6-7-13(14)16(17)12(3)20;1-7-5-4-6-8(2)9(7)3;1-4-6-7(3)5-2;1-2-3-4(5)6;1-3-4-2;1-3-2/h4-11,17H2,1-3H3;4-6H,1-3H3;7H,4-6H2,1-3H3;2-3H2,1H3,(H2,5,6);3-4H2,1-2H3;3H2,1-2H3/b16-13-,18-14?;;;;;. The Balaban J connectivity index is -0.000000300. The third kappa shape index (κ3) is 31.1. The lowest BCUT2D eigenvalue weighted by Gasteiger charge is -2.20. The normalized spacial score (nSPS) is 13.6. The number of carbonyl (C=O) groups excluding carboxylic acids is 3. The molecule has 1 fully saturated rings. The van der Waals surface area contributed by atoms with Gasteiger partial charge in [0.05, 0.1) is 5.70 Å². The number of ketones is 1. The van der Waals surface area contributed by atoms with Crippen molar-refractivity contribution >= 4 is 23.3 Å². The van der Waals surface area contributed by atoms with Gasteiger partial charge in [-0.05, 0) is 87.5 Å². The lowest BCUT2D eigenvalue weighted by Crippen LogP contribution is -2.34. The molecule has 0 heterocycles. The molecular weight excluding hydrogens is 620 g/mol. The summed E-state index contributed by atoms with van der Waals surface area (Å²) in [5, 5.41) is 0. The average Bonchev–Trinajstić information content (AvgIpc) is 3.55. The number of hydrogen-bond acceptors (Lipinski definition) is 5. The molecule has 292 valence electrons. The Labute approximate surface area is 310 Å². The summed E-state index contributed by atoms with van der Waals surface area (Å²) in [4.78, 5) is 39.7. The molecule has 1 atom stereocenters. The first-order valence-corrected chi connectivity index (χ1v) is 19.8. The molecule has 0 radical (unpaired) electrons. The SMILES string of the molecule is CCC.CCCC.CCCC(C)CC.CCCC(N)=O.CCCN(CCC)C(=O)CN=C1CCC/C1=C(/N)C(C)=O.Cc1cccc(C)c1C. The first-order chi connectivity index (χ1) is 23.6. The maximum atomic E-state index is 12.2. The Morgan fingerprint density at radius 2 is 1.28 bits per heavy atom. The molecule has 0 aliphatic heterocycles. The summed E-state index contributed by atoms with van der Waals surface area (Å²) in [6, 6.07) is 6.38. The fourth-order valence-electron chi connectivity index (χ4n) is 4.41. The Morgan fingerprint density at radius 3 is 1.58 bits per heavy atom. The number of nitrogens with two attached hydrogens (primary N) is 2. The van der Waals surface area contributed by atoms with Gasteiger partial charge in [0, 0.05) is 32.1 Å². The number of aryl methyl sites for hydroxylation is 2. The van der Waals surface area contributed by atoms with Gasteiger partial charge in [0.1, 0.15) is 6.54 Å². The molecule has 7 nitrogen and oxygen atoms in total. The second-order valence-corrected chi connectivity index (χ2v) is 13.2. The van der Waals surface area contributed by atoms with Crippen molar-refractivity contribution in [3.05, 3.63) is 46.2 Å². The number of primary amides is 1. The van der Waals surface area contributed by atoms with Crippen molar-refractivity contribution in [2.75, 3.05) is 19.6 Å². The van der Waals surface area contributed by atoms with Crippen LogP contribution in [-0.4, -0.2) is 47.8 Å². The summed E-state index contributed by atoms with van der Waals surface area (Å²) in [5.41, 5.74) is 16.8. The highest BCUT2D eigenvalue weighted by Gasteiger charge is 2.21. The van der Waals surface area contributed by atoms with E-state index in [0.717, 1.165) is 68.8 Å². The minimum absolute atomic E-state index is 0.0545. The van der Waals surface area contributed by atoms with Crippen molar-refractivity contribution in [1.29, 1.82) is 0 Å². The number of nitrogens with zero attached hydrogens (tertiary/aromatic N) is 2. The van der Waals surface area contributed by atoms with E-state index in [-0.39, 0.29) is 24.1 Å². The van der Waals surface area contributed by atoms with Crippen LogP contribution in [0.2, 0.25) is 0 Å². The van der Waals surface area contributed by atoms with Crippen LogP contribution >= 0.6 is 0 Å². The second-order valence-electron chi connectivity index (χ2n) is 13.2. The smallest absolute Gasteiger partial charge is 0.244 e. The van der Waals surface area contributed by atoms with E-state index >= 15 is 0 Å². The van der Waals surface area contributed by atoms with Crippen LogP contribution in [0, 0.1) is 26.7 Å². The van der Waals surface area contributed by atoms with Gasteiger partial charge in [-0.3, -0.25) is 19.4 Å². The van der Waals surface area contributed by atoms with Crippen molar-refractivity contribution in [3.63, 3.8) is 0 Å². The molecule has 0 saturated heterocycles. The minimum atomic E-state index is -0.211. The molecule has 1 unspecified atom stereocenters. The summed E-state index contributed by atoms with van der Waals surface area (Å²) in [7, 11) is 0. The van der Waals surface area contributed by atoms with Crippen molar-refractivity contribution in [2.24, 2.45) is 22.4 Å². The zero-order valence-corrected chi connectivity index (χ0v) is 35.4. The first-order valence-electron chi connectivity index (χ1n) is 19.8. The lowest BCUT2D eigenvalue weighted by atomic mass is 10.0. The van der Waals surface area contributed by atoms with E-state index in [9.17, 15) is 14.4 Å². The zero-order valence-electron chi connectivity index (χ0n) is 35.4. The molecular formula is C43H82N4O3. The highest BCUT2D eigenvalue weighted by molar-refractivity contribution is 6.09. The molecule has 7 heteroatoms. The molecule has 0 bridgehead atoms. The van der Waals surface area contributed by atoms with Crippen molar-refractivity contribution in [3.8, 4) is 0 Å². The summed E-state index contributed by atoms with van der Waals surface area (Å²) >= 11 is 0. The largest absolute Gasteiger partial charge is 0.396 e. The van der Waals surface area contributed by atoms with Crippen LogP contribution in [0.25, 0.3) is 0 Å². The monoisotopic (exact) mass is 703 g/mol. The summed E-state index contributed by atoms with van der Waals surface area (Å²) in [6.45, 7) is 31.1. The number of unbranched alkanes of at least 4 members (excludes halogenated alkanes) is 1. The topological polar surface area (TPSA) is 119 Å². The van der Waals surface area contributed by atoms with Crippen LogP contribution in [0.15, 0.2) is 34.5 Å². The predicted molar refractivity (Wildman–Crippen MR) is 221 cm³/mol. The van der Waals surface area contributed by atoms with Gasteiger partial charge in [0.15, 0.2) is 5.78 Å². The summed E-state index contributed by atoms with van der Waals surface area (Å²) < 4.78 is 0. The van der Waals surface area contributed by atoms with Gasteiger partial charge in [-0.2, -0.15) is 0 Å². The fraction of sp³-hybridized carbons (Fsp3) is 0.721. The van der Waals surface area contributed by atoms with Gasteiger partial charge in [0.25, 0.3) is 0 Å². The van der Waals surface area contributed by atoms with E-state index in [0.29, 0.717) is 12.1 Å². The Morgan fingerprint density at radius 1 is 0.780 bits per heavy atom. The van der Waals surface area contributed by atoms with Crippen LogP contribution in [0.5, 0.6) is 0 Å². The van der Waals surface area contributed by atoms with Crippen LogP contribution in [0.3, 0.4) is 0 Å². The van der Waals surface area contributed by atoms with Crippen molar-refractivity contribution in [2.45, 2.75) is 180 Å². The van der Waals surface area contributed by atoms with E-state index in [1.807, 2.05) is 11.8 Å². The molecule has 1 aliphatic rings. The van der Waals surface area contributed by atoms with Gasteiger partial charge in [-0.1, -0.05) is 126 Å². The molecule has 1 aromatic carbocycles. The van der Waals surface area contributed by atoms with Gasteiger partial charge in [0.2, 0.25) is 11.8 Å². The van der Waals surface area contributed by atoms with Crippen LogP contribution in [0.1, 0.15) is 176 Å². The average molecular weight is 703 g/mol. The summed E-state index contributed by atoms with van der Waals surface area (Å²) in [6.07, 6.45) is 13.8. The quantitative estimate of drug-likeness (QED) is 0.199. The molecule has 50 heavy (non-hydrogen) atoms. The van der Waals surface area contributed by atoms with E-state index in [4.69, 9.17) is 11.5 Å². The number of benzene rings is 1. The molecule has 1 aromatic rings. The predicted octanol–water partition coefficient (Wildman–Crippen LogP) is 11.0. The number of carbonyl (C=O) groups is 3. The van der Waals surface area contributed by atoms with Crippen LogP contribution in [-0.2, 0) is 14.4 Å². The van der Waals surface area contributed by atoms with Crippen LogP contribution < -0.4 is 11.5 Å². The van der Waals surface area contributed by atoms with Gasteiger partial charge < -0.3 is 16.4 Å². The lowest BCUT2D eigenvalue weighted by molar-refractivity contribution is -0.129. The van der Waals surface area contributed by atoms with Gasteiger partial charge in [-0.25, -0.2) is 0 Å². The number of rotatable bonds is 13. The van der Waals surface area contributed by atoms with E-state index < -0.39 is 0 Å².